The number of thioether (sulfide) groups is 1. The molecule has 4 nitrogen and oxygen atoms in total. The van der Waals surface area contributed by atoms with Crippen LogP contribution >= 0.6 is 11.8 Å². The van der Waals surface area contributed by atoms with E-state index < -0.39 is 0 Å². The molecule has 2 heterocycles. The van der Waals surface area contributed by atoms with Gasteiger partial charge in [0.2, 0.25) is 0 Å². The van der Waals surface area contributed by atoms with E-state index in [2.05, 4.69) is 4.99 Å². The Bertz CT molecular complexity index is 833. The summed E-state index contributed by atoms with van der Waals surface area (Å²) in [6.07, 6.45) is 1.80. The molecule has 0 unspecified atom stereocenters. The van der Waals surface area contributed by atoms with Crippen LogP contribution in [0.2, 0.25) is 0 Å². The summed E-state index contributed by atoms with van der Waals surface area (Å²) in [5.41, 5.74) is 2.28. The molecule has 6 heteroatoms. The Labute approximate surface area is 143 Å². The highest BCUT2D eigenvalue weighted by Gasteiger charge is 2.35. The first-order valence-corrected chi connectivity index (χ1v) is 8.50. The Morgan fingerprint density at radius 2 is 1.83 bits per heavy atom. The van der Waals surface area contributed by atoms with Crippen LogP contribution in [-0.4, -0.2) is 28.5 Å². The summed E-state index contributed by atoms with van der Waals surface area (Å²) in [5.74, 6) is 0.302. The molecule has 0 aromatic heterocycles. The van der Waals surface area contributed by atoms with Crippen molar-refractivity contribution in [3.63, 3.8) is 0 Å². The van der Waals surface area contributed by atoms with Crippen LogP contribution < -0.4 is 4.90 Å². The summed E-state index contributed by atoms with van der Waals surface area (Å²) in [7, 11) is 0. The average molecular weight is 339 g/mol. The number of rotatable bonds is 2. The number of anilines is 1. The van der Waals surface area contributed by atoms with Gasteiger partial charge in [0.15, 0.2) is 5.17 Å². The highest BCUT2D eigenvalue weighted by atomic mass is 32.2. The number of carbonyl (C=O) groups excluding carboxylic acids is 1. The maximum Gasteiger partial charge on any atom is 0.280 e. The van der Waals surface area contributed by atoms with Crippen LogP contribution in [0.4, 0.5) is 10.1 Å². The van der Waals surface area contributed by atoms with Gasteiger partial charge in [-0.1, -0.05) is 42.1 Å². The van der Waals surface area contributed by atoms with Crippen molar-refractivity contribution in [2.75, 3.05) is 17.4 Å². The Morgan fingerprint density at radius 3 is 2.58 bits per heavy atom. The summed E-state index contributed by atoms with van der Waals surface area (Å²) in [6.45, 7) is 0.419. The maximum absolute atomic E-state index is 13.1. The van der Waals surface area contributed by atoms with Crippen LogP contribution in [0.5, 0.6) is 0 Å². The minimum atomic E-state index is -0.268. The van der Waals surface area contributed by atoms with Gasteiger partial charge in [-0.15, -0.1) is 0 Å². The van der Waals surface area contributed by atoms with E-state index in [0.29, 0.717) is 18.2 Å². The van der Waals surface area contributed by atoms with Crippen LogP contribution in [0.1, 0.15) is 5.56 Å². The van der Waals surface area contributed by atoms with Gasteiger partial charge >= 0.3 is 0 Å². The van der Waals surface area contributed by atoms with Crippen molar-refractivity contribution in [2.45, 2.75) is 0 Å². The van der Waals surface area contributed by atoms with E-state index in [-0.39, 0.29) is 11.7 Å². The second-order valence-electron chi connectivity index (χ2n) is 5.50. The van der Waals surface area contributed by atoms with E-state index in [4.69, 9.17) is 0 Å². The Kier molecular flexibility index (Phi) is 3.82. The third-order valence-electron chi connectivity index (χ3n) is 3.87. The standard InChI is InChI=1S/C18H14FN3OS/c19-14-6-8-15(9-7-14)21-11-22-17(23)16(20-18(22)24-12-21)10-13-4-2-1-3-5-13/h1-10H,11-12H2. The average Bonchev–Trinajstić information content (AvgIpc) is 2.92. The number of amides is 1. The van der Waals surface area contributed by atoms with Crippen molar-refractivity contribution in [3.8, 4) is 0 Å². The minimum absolute atomic E-state index is 0.104. The van der Waals surface area contributed by atoms with Crippen molar-refractivity contribution < 1.29 is 9.18 Å². The molecule has 0 saturated carbocycles. The summed E-state index contributed by atoms with van der Waals surface area (Å²) < 4.78 is 13.1. The third kappa shape index (κ3) is 2.80. The molecule has 2 aromatic rings. The normalized spacial score (nSPS) is 18.8. The zero-order valence-electron chi connectivity index (χ0n) is 12.7. The number of amidine groups is 1. The number of carbonyl (C=O) groups is 1. The van der Waals surface area contributed by atoms with Gasteiger partial charge in [0.1, 0.15) is 18.2 Å². The fraction of sp³-hybridized carbons (Fsp3) is 0.111. The van der Waals surface area contributed by atoms with Gasteiger partial charge < -0.3 is 4.90 Å². The molecule has 0 bridgehead atoms. The summed E-state index contributed by atoms with van der Waals surface area (Å²) in [6, 6.07) is 16.0. The Hall–Kier alpha value is -2.60. The molecule has 0 atom stereocenters. The summed E-state index contributed by atoms with van der Waals surface area (Å²) in [4.78, 5) is 20.8. The zero-order chi connectivity index (χ0) is 16.5. The predicted octanol–water partition coefficient (Wildman–Crippen LogP) is 3.53. The van der Waals surface area contributed by atoms with Crippen molar-refractivity contribution in [1.82, 2.24) is 4.90 Å². The van der Waals surface area contributed by atoms with Crippen molar-refractivity contribution >= 4 is 34.6 Å². The molecule has 4 rings (SSSR count). The third-order valence-corrected chi connectivity index (χ3v) is 4.88. The van der Waals surface area contributed by atoms with Gasteiger partial charge in [-0.05, 0) is 35.9 Å². The molecule has 0 aliphatic carbocycles. The molecule has 120 valence electrons. The number of fused-ring (bicyclic) bond motifs is 1. The Morgan fingerprint density at radius 1 is 1.08 bits per heavy atom. The highest BCUT2D eigenvalue weighted by Crippen LogP contribution is 2.30. The number of aliphatic imine (C=N–C) groups is 1. The first-order chi connectivity index (χ1) is 11.7. The van der Waals surface area contributed by atoms with Gasteiger partial charge in [0.25, 0.3) is 5.91 Å². The van der Waals surface area contributed by atoms with Gasteiger partial charge in [-0.25, -0.2) is 9.38 Å². The van der Waals surface area contributed by atoms with Crippen molar-refractivity contribution in [2.24, 2.45) is 4.99 Å². The molecule has 1 amide bonds. The first-order valence-electron chi connectivity index (χ1n) is 7.51. The number of benzene rings is 2. The SMILES string of the molecule is O=C1C(=Cc2ccccc2)N=C2SCN(c3ccc(F)cc3)CN12. The number of hydrogen-bond acceptors (Lipinski definition) is 4. The van der Waals surface area contributed by atoms with E-state index in [1.165, 1.54) is 23.9 Å². The van der Waals surface area contributed by atoms with E-state index >= 15 is 0 Å². The Balaban J connectivity index is 1.56. The van der Waals surface area contributed by atoms with Gasteiger partial charge in [-0.3, -0.25) is 9.69 Å². The lowest BCUT2D eigenvalue weighted by Gasteiger charge is -2.34. The van der Waals surface area contributed by atoms with E-state index in [1.54, 1.807) is 23.1 Å². The van der Waals surface area contributed by atoms with Gasteiger partial charge in [0.05, 0.1) is 5.88 Å². The van der Waals surface area contributed by atoms with Crippen molar-refractivity contribution in [1.29, 1.82) is 0 Å². The fourth-order valence-corrected chi connectivity index (χ4v) is 3.59. The van der Waals surface area contributed by atoms with E-state index in [0.717, 1.165) is 16.4 Å². The van der Waals surface area contributed by atoms with Crippen molar-refractivity contribution in [3.05, 3.63) is 71.7 Å². The topological polar surface area (TPSA) is 35.9 Å². The molecule has 2 aliphatic heterocycles. The molecule has 0 radical (unpaired) electrons. The van der Waals surface area contributed by atoms with Gasteiger partial charge in [-0.2, -0.15) is 0 Å². The molecule has 24 heavy (non-hydrogen) atoms. The molecular formula is C18H14FN3OS. The second kappa shape index (κ2) is 6.13. The second-order valence-corrected chi connectivity index (χ2v) is 6.41. The van der Waals surface area contributed by atoms with Crippen LogP contribution in [0.25, 0.3) is 6.08 Å². The highest BCUT2D eigenvalue weighted by molar-refractivity contribution is 8.14. The fourth-order valence-electron chi connectivity index (χ4n) is 2.63. The quantitative estimate of drug-likeness (QED) is 0.785. The number of halogens is 1. The smallest absolute Gasteiger partial charge is 0.280 e. The van der Waals surface area contributed by atoms with E-state index in [1.807, 2.05) is 35.2 Å². The van der Waals surface area contributed by atoms with Crippen LogP contribution in [0, 0.1) is 5.82 Å². The van der Waals surface area contributed by atoms with Crippen LogP contribution in [0.3, 0.4) is 0 Å². The monoisotopic (exact) mass is 339 g/mol. The maximum atomic E-state index is 13.1. The molecule has 2 aliphatic rings. The molecule has 1 fully saturated rings. The largest absolute Gasteiger partial charge is 0.343 e. The molecule has 0 spiro atoms. The van der Waals surface area contributed by atoms with E-state index in [9.17, 15) is 9.18 Å². The lowest BCUT2D eigenvalue weighted by Crippen LogP contribution is -2.46. The first kappa shape index (κ1) is 15.0. The predicted molar refractivity (Wildman–Crippen MR) is 94.9 cm³/mol. The lowest BCUT2D eigenvalue weighted by molar-refractivity contribution is -0.122. The molecule has 1 saturated heterocycles. The number of hydrogen-bond donors (Lipinski definition) is 0. The summed E-state index contributed by atoms with van der Waals surface area (Å²) >= 11 is 1.51. The molecule has 2 aromatic carbocycles. The lowest BCUT2D eigenvalue weighted by atomic mass is 10.2. The molecular weight excluding hydrogens is 325 g/mol. The zero-order valence-corrected chi connectivity index (χ0v) is 13.5. The minimum Gasteiger partial charge on any atom is -0.343 e. The van der Waals surface area contributed by atoms with Crippen LogP contribution in [-0.2, 0) is 4.79 Å². The van der Waals surface area contributed by atoms with Crippen LogP contribution in [0.15, 0.2) is 65.3 Å². The number of nitrogens with zero attached hydrogens (tertiary/aromatic N) is 3. The molecule has 0 N–H and O–H groups in total. The summed E-state index contributed by atoms with van der Waals surface area (Å²) in [5, 5.41) is 0.723. The van der Waals surface area contributed by atoms with Gasteiger partial charge in [0, 0.05) is 5.69 Å².